The number of hydrazine groups is 1. The lowest BCUT2D eigenvalue weighted by Crippen LogP contribution is -2.19. The van der Waals surface area contributed by atoms with Crippen molar-refractivity contribution in [3.63, 3.8) is 0 Å². The van der Waals surface area contributed by atoms with Crippen molar-refractivity contribution in [1.82, 2.24) is 10.6 Å². The Morgan fingerprint density at radius 1 is 1.40 bits per heavy atom. The maximum absolute atomic E-state index is 4.70. The van der Waals surface area contributed by atoms with E-state index in [0.29, 0.717) is 0 Å². The summed E-state index contributed by atoms with van der Waals surface area (Å²) >= 11 is 1.62. The first-order valence-electron chi connectivity index (χ1n) is 4.44. The van der Waals surface area contributed by atoms with Gasteiger partial charge in [-0.15, -0.1) is 16.9 Å². The molecule has 1 heterocycles. The second-order valence-corrected chi connectivity index (χ2v) is 3.74. The normalized spacial score (nSPS) is 10.2. The predicted octanol–water partition coefficient (Wildman–Crippen LogP) is 2.29. The molecule has 0 spiro atoms. The van der Waals surface area contributed by atoms with E-state index in [1.165, 1.54) is 0 Å². The number of hydrogen-bond acceptors (Lipinski definition) is 5. The molecule has 2 rings (SSSR count). The average Bonchev–Trinajstić information content (AvgIpc) is 2.80. The van der Waals surface area contributed by atoms with Crippen LogP contribution < -0.4 is 11.0 Å². The third kappa shape index (κ3) is 2.53. The molecule has 15 heavy (non-hydrogen) atoms. The van der Waals surface area contributed by atoms with Crippen LogP contribution >= 0.6 is 11.3 Å². The number of aromatic nitrogens is 1. The van der Waals surface area contributed by atoms with E-state index in [-0.39, 0.29) is 0 Å². The number of thiazole rings is 1. The van der Waals surface area contributed by atoms with Gasteiger partial charge in [-0.25, -0.2) is 4.98 Å². The fourth-order valence-electron chi connectivity index (χ4n) is 1.21. The molecule has 1 aromatic carbocycles. The van der Waals surface area contributed by atoms with E-state index < -0.39 is 0 Å². The molecule has 78 valence electrons. The van der Waals surface area contributed by atoms with Crippen molar-refractivity contribution in [3.8, 4) is 10.6 Å². The van der Waals surface area contributed by atoms with Gasteiger partial charge in [0, 0.05) is 17.1 Å². The summed E-state index contributed by atoms with van der Waals surface area (Å²) in [7, 11) is 1.55. The molecule has 0 radical (unpaired) electrons. The number of nitrogens with one attached hydrogen (secondary N) is 2. The average molecular weight is 221 g/mol. The van der Waals surface area contributed by atoms with Gasteiger partial charge < -0.3 is 0 Å². The monoisotopic (exact) mass is 221 g/mol. The maximum Gasteiger partial charge on any atom is 0.123 e. The van der Waals surface area contributed by atoms with Crippen LogP contribution in [0.25, 0.3) is 10.6 Å². The number of anilines is 1. The smallest absolute Gasteiger partial charge is 0.123 e. The van der Waals surface area contributed by atoms with Crippen LogP contribution in [-0.4, -0.2) is 12.1 Å². The summed E-state index contributed by atoms with van der Waals surface area (Å²) in [4.78, 5) is 8.95. The lowest BCUT2D eigenvalue weighted by molar-refractivity contribution is 0.111. The summed E-state index contributed by atoms with van der Waals surface area (Å²) < 4.78 is 0. The molecule has 0 amide bonds. The van der Waals surface area contributed by atoms with E-state index in [9.17, 15) is 0 Å². The zero-order valence-electron chi connectivity index (χ0n) is 8.23. The second-order valence-electron chi connectivity index (χ2n) is 2.85. The summed E-state index contributed by atoms with van der Waals surface area (Å²) in [6.45, 7) is 0. The van der Waals surface area contributed by atoms with E-state index in [1.807, 2.05) is 29.6 Å². The lowest BCUT2D eigenvalue weighted by atomic mass is 10.2. The molecular formula is C10H11N3OS. The lowest BCUT2D eigenvalue weighted by Gasteiger charge is -2.06. The molecule has 0 fully saturated rings. The third-order valence-corrected chi connectivity index (χ3v) is 2.66. The minimum absolute atomic E-state index is 0.935. The van der Waals surface area contributed by atoms with E-state index in [1.54, 1.807) is 24.6 Å². The highest BCUT2D eigenvalue weighted by Crippen LogP contribution is 2.23. The van der Waals surface area contributed by atoms with Gasteiger partial charge in [0.25, 0.3) is 0 Å². The van der Waals surface area contributed by atoms with Crippen LogP contribution in [0.4, 0.5) is 5.69 Å². The fraction of sp³-hybridized carbons (Fsp3) is 0.100. The molecule has 5 heteroatoms. The van der Waals surface area contributed by atoms with Gasteiger partial charge >= 0.3 is 0 Å². The molecule has 0 saturated heterocycles. The molecule has 1 aromatic heterocycles. The van der Waals surface area contributed by atoms with E-state index in [4.69, 9.17) is 4.84 Å². The van der Waals surface area contributed by atoms with E-state index >= 15 is 0 Å². The molecule has 0 aliphatic carbocycles. The molecule has 0 bridgehead atoms. The van der Waals surface area contributed by atoms with Gasteiger partial charge in [0.1, 0.15) is 5.01 Å². The summed E-state index contributed by atoms with van der Waals surface area (Å²) in [6, 6.07) is 7.95. The molecular weight excluding hydrogens is 210 g/mol. The SMILES string of the molecule is CONNc1cccc(-c2nccs2)c1. The highest BCUT2D eigenvalue weighted by Gasteiger charge is 2.00. The first-order valence-corrected chi connectivity index (χ1v) is 5.32. The molecule has 4 nitrogen and oxygen atoms in total. The Morgan fingerprint density at radius 3 is 3.07 bits per heavy atom. The molecule has 0 aliphatic heterocycles. The van der Waals surface area contributed by atoms with Crippen LogP contribution in [0.1, 0.15) is 0 Å². The Bertz CT molecular complexity index is 416. The van der Waals surface area contributed by atoms with Crippen LogP contribution in [0, 0.1) is 0 Å². The van der Waals surface area contributed by atoms with Gasteiger partial charge in [0.15, 0.2) is 0 Å². The van der Waals surface area contributed by atoms with Crippen LogP contribution in [0.2, 0.25) is 0 Å². The molecule has 2 N–H and O–H groups in total. The topological polar surface area (TPSA) is 46.2 Å². The van der Waals surface area contributed by atoms with Crippen molar-refractivity contribution in [2.24, 2.45) is 0 Å². The predicted molar refractivity (Wildman–Crippen MR) is 61.3 cm³/mol. The fourth-order valence-corrected chi connectivity index (χ4v) is 1.84. The number of nitrogens with zero attached hydrogens (tertiary/aromatic N) is 1. The number of benzene rings is 1. The minimum atomic E-state index is 0.935. The standard InChI is InChI=1S/C10H11N3OS/c1-14-13-12-9-4-2-3-8(7-9)10-11-5-6-15-10/h2-7,12-13H,1H3. The van der Waals surface area contributed by atoms with E-state index in [0.717, 1.165) is 16.3 Å². The van der Waals surface area contributed by atoms with Gasteiger partial charge in [-0.1, -0.05) is 12.1 Å². The van der Waals surface area contributed by atoms with Crippen molar-refractivity contribution in [1.29, 1.82) is 0 Å². The second kappa shape index (κ2) is 4.88. The summed E-state index contributed by atoms with van der Waals surface area (Å²) in [5, 5.41) is 2.97. The number of rotatable bonds is 4. The molecule has 0 aliphatic rings. The molecule has 0 unspecified atom stereocenters. The Balaban J connectivity index is 2.19. The quantitative estimate of drug-likeness (QED) is 0.778. The number of hydrogen-bond donors (Lipinski definition) is 2. The Kier molecular flexibility index (Phi) is 3.29. The van der Waals surface area contributed by atoms with Crippen molar-refractivity contribution in [3.05, 3.63) is 35.8 Å². The van der Waals surface area contributed by atoms with Crippen molar-refractivity contribution in [2.45, 2.75) is 0 Å². The minimum Gasteiger partial charge on any atom is -0.299 e. The highest BCUT2D eigenvalue weighted by atomic mass is 32.1. The summed E-state index contributed by atoms with van der Waals surface area (Å²) in [5.41, 5.74) is 7.50. The Labute approximate surface area is 91.9 Å². The van der Waals surface area contributed by atoms with Crippen molar-refractivity contribution >= 4 is 17.0 Å². The van der Waals surface area contributed by atoms with Crippen LogP contribution in [0.3, 0.4) is 0 Å². The molecule has 0 saturated carbocycles. The largest absolute Gasteiger partial charge is 0.299 e. The first kappa shape index (κ1) is 10.1. The zero-order chi connectivity index (χ0) is 10.5. The van der Waals surface area contributed by atoms with Gasteiger partial charge in [-0.2, -0.15) is 0 Å². The third-order valence-electron chi connectivity index (χ3n) is 1.84. The zero-order valence-corrected chi connectivity index (χ0v) is 9.04. The van der Waals surface area contributed by atoms with Gasteiger partial charge in [-0.05, 0) is 12.1 Å². The van der Waals surface area contributed by atoms with Crippen molar-refractivity contribution in [2.75, 3.05) is 12.5 Å². The summed E-state index contributed by atoms with van der Waals surface area (Å²) in [6.07, 6.45) is 1.80. The molecule has 0 atom stereocenters. The van der Waals surface area contributed by atoms with Crippen molar-refractivity contribution < 1.29 is 4.84 Å². The van der Waals surface area contributed by atoms with Crippen LogP contribution in [-0.2, 0) is 4.84 Å². The van der Waals surface area contributed by atoms with Gasteiger partial charge in [-0.3, -0.25) is 10.3 Å². The summed E-state index contributed by atoms with van der Waals surface area (Å²) in [5.74, 6) is 0. The Hall–Kier alpha value is -1.43. The maximum atomic E-state index is 4.70. The van der Waals surface area contributed by atoms with Gasteiger partial charge in [0.2, 0.25) is 0 Å². The van der Waals surface area contributed by atoms with E-state index in [2.05, 4.69) is 16.0 Å². The van der Waals surface area contributed by atoms with Gasteiger partial charge in [0.05, 0.1) is 12.8 Å². The first-order chi connectivity index (χ1) is 7.40. The molecule has 2 aromatic rings. The highest BCUT2D eigenvalue weighted by molar-refractivity contribution is 7.13. The Morgan fingerprint density at radius 2 is 2.33 bits per heavy atom. The van der Waals surface area contributed by atoms with Crippen LogP contribution in [0.15, 0.2) is 35.8 Å². The van der Waals surface area contributed by atoms with Crippen LogP contribution in [0.5, 0.6) is 0 Å².